The van der Waals surface area contributed by atoms with Crippen molar-refractivity contribution >= 4 is 0 Å². The second kappa shape index (κ2) is 8.79. The van der Waals surface area contributed by atoms with Crippen LogP contribution >= 0.6 is 0 Å². The van der Waals surface area contributed by atoms with E-state index < -0.39 is 6.10 Å². The van der Waals surface area contributed by atoms with Gasteiger partial charge in [0, 0.05) is 12.6 Å². The van der Waals surface area contributed by atoms with Crippen molar-refractivity contribution in [1.82, 2.24) is 5.32 Å². The Morgan fingerprint density at radius 2 is 1.80 bits per heavy atom. The van der Waals surface area contributed by atoms with Gasteiger partial charge in [0.05, 0.1) is 25.9 Å². The van der Waals surface area contributed by atoms with Crippen LogP contribution in [0.5, 0.6) is 11.5 Å². The fraction of sp³-hybridized carbons (Fsp3) is 0.600. The fourth-order valence-corrected chi connectivity index (χ4v) is 1.94. The van der Waals surface area contributed by atoms with Gasteiger partial charge in [0.1, 0.15) is 0 Å². The van der Waals surface area contributed by atoms with Crippen molar-refractivity contribution in [3.05, 3.63) is 23.8 Å². The van der Waals surface area contributed by atoms with Crippen LogP contribution in [0.15, 0.2) is 18.2 Å². The molecule has 5 heteroatoms. The van der Waals surface area contributed by atoms with E-state index in [0.717, 1.165) is 5.56 Å². The molecule has 0 aliphatic rings. The summed E-state index contributed by atoms with van der Waals surface area (Å²) in [5.41, 5.74) is 0.759. The lowest BCUT2D eigenvalue weighted by molar-refractivity contribution is 0.131. The molecular weight excluding hydrogens is 258 g/mol. The minimum atomic E-state index is -0.670. The van der Waals surface area contributed by atoms with Crippen molar-refractivity contribution in [2.45, 2.75) is 32.9 Å². The SMILES string of the molecule is CCOc1ccc(C(O)C(C)NCCO)cc1OCC. The van der Waals surface area contributed by atoms with Gasteiger partial charge in [0.2, 0.25) is 0 Å². The minimum absolute atomic E-state index is 0.0462. The first-order chi connectivity index (χ1) is 9.63. The maximum atomic E-state index is 10.3. The first-order valence-electron chi connectivity index (χ1n) is 7.05. The number of ether oxygens (including phenoxy) is 2. The van der Waals surface area contributed by atoms with Crippen LogP contribution in [0.2, 0.25) is 0 Å². The van der Waals surface area contributed by atoms with Gasteiger partial charge in [-0.1, -0.05) is 6.07 Å². The van der Waals surface area contributed by atoms with E-state index >= 15 is 0 Å². The lowest BCUT2D eigenvalue weighted by Gasteiger charge is -2.21. The normalized spacial score (nSPS) is 13.8. The molecule has 20 heavy (non-hydrogen) atoms. The smallest absolute Gasteiger partial charge is 0.161 e. The van der Waals surface area contributed by atoms with Crippen LogP contribution in [0.1, 0.15) is 32.4 Å². The van der Waals surface area contributed by atoms with E-state index in [9.17, 15) is 5.11 Å². The van der Waals surface area contributed by atoms with Crippen LogP contribution in [0, 0.1) is 0 Å². The van der Waals surface area contributed by atoms with E-state index in [1.165, 1.54) is 0 Å². The van der Waals surface area contributed by atoms with Crippen molar-refractivity contribution in [2.24, 2.45) is 0 Å². The highest BCUT2D eigenvalue weighted by molar-refractivity contribution is 5.43. The molecule has 1 aromatic rings. The van der Waals surface area contributed by atoms with Gasteiger partial charge in [-0.2, -0.15) is 0 Å². The van der Waals surface area contributed by atoms with Gasteiger partial charge in [-0.25, -0.2) is 0 Å². The first-order valence-corrected chi connectivity index (χ1v) is 7.05. The van der Waals surface area contributed by atoms with E-state index in [0.29, 0.717) is 31.3 Å². The fourth-order valence-electron chi connectivity index (χ4n) is 1.94. The van der Waals surface area contributed by atoms with Gasteiger partial charge < -0.3 is 25.0 Å². The molecular formula is C15H25NO4. The van der Waals surface area contributed by atoms with Crippen molar-refractivity contribution in [3.63, 3.8) is 0 Å². The average Bonchev–Trinajstić information content (AvgIpc) is 2.46. The van der Waals surface area contributed by atoms with Gasteiger partial charge in [0.25, 0.3) is 0 Å². The summed E-state index contributed by atoms with van der Waals surface area (Å²) in [6.45, 7) is 7.30. The summed E-state index contributed by atoms with van der Waals surface area (Å²) in [4.78, 5) is 0. The Morgan fingerprint density at radius 1 is 1.15 bits per heavy atom. The second-order valence-electron chi connectivity index (χ2n) is 4.48. The van der Waals surface area contributed by atoms with Crippen molar-refractivity contribution in [3.8, 4) is 11.5 Å². The average molecular weight is 283 g/mol. The number of hydrogen-bond acceptors (Lipinski definition) is 5. The zero-order valence-electron chi connectivity index (χ0n) is 12.4. The number of nitrogens with one attached hydrogen (secondary N) is 1. The molecule has 2 unspecified atom stereocenters. The van der Waals surface area contributed by atoms with Crippen LogP contribution < -0.4 is 14.8 Å². The molecule has 3 N–H and O–H groups in total. The summed E-state index contributed by atoms with van der Waals surface area (Å²) in [7, 11) is 0. The Morgan fingerprint density at radius 3 is 2.40 bits per heavy atom. The Bertz CT molecular complexity index is 397. The molecule has 0 aliphatic carbocycles. The molecule has 0 radical (unpaired) electrons. The number of aliphatic hydroxyl groups excluding tert-OH is 2. The largest absolute Gasteiger partial charge is 0.490 e. The Labute approximate surface area is 120 Å². The predicted molar refractivity (Wildman–Crippen MR) is 78.3 cm³/mol. The van der Waals surface area contributed by atoms with Crippen LogP contribution in [0.4, 0.5) is 0 Å². The second-order valence-corrected chi connectivity index (χ2v) is 4.48. The van der Waals surface area contributed by atoms with Crippen LogP contribution in [0.3, 0.4) is 0 Å². The molecule has 0 spiro atoms. The van der Waals surface area contributed by atoms with Gasteiger partial charge in [-0.3, -0.25) is 0 Å². The molecule has 0 saturated carbocycles. The molecule has 0 aromatic heterocycles. The summed E-state index contributed by atoms with van der Waals surface area (Å²) in [5, 5.41) is 22.1. The number of benzene rings is 1. The molecule has 0 amide bonds. The Kier molecular flexibility index (Phi) is 7.36. The highest BCUT2D eigenvalue weighted by Crippen LogP contribution is 2.31. The zero-order valence-corrected chi connectivity index (χ0v) is 12.4. The minimum Gasteiger partial charge on any atom is -0.490 e. The third kappa shape index (κ3) is 4.67. The highest BCUT2D eigenvalue weighted by atomic mass is 16.5. The van der Waals surface area contributed by atoms with Crippen LogP contribution in [-0.2, 0) is 0 Å². The van der Waals surface area contributed by atoms with Gasteiger partial charge in [0.15, 0.2) is 11.5 Å². The van der Waals surface area contributed by atoms with E-state index in [1.54, 1.807) is 6.07 Å². The topological polar surface area (TPSA) is 71.0 Å². The van der Waals surface area contributed by atoms with Crippen molar-refractivity contribution in [2.75, 3.05) is 26.4 Å². The predicted octanol–water partition coefficient (Wildman–Crippen LogP) is 1.49. The number of aliphatic hydroxyl groups is 2. The van der Waals surface area contributed by atoms with E-state index in [2.05, 4.69) is 5.32 Å². The molecule has 114 valence electrons. The third-order valence-electron chi connectivity index (χ3n) is 2.96. The Hall–Kier alpha value is -1.30. The molecule has 5 nitrogen and oxygen atoms in total. The summed E-state index contributed by atoms with van der Waals surface area (Å²) >= 11 is 0. The maximum absolute atomic E-state index is 10.3. The van der Waals surface area contributed by atoms with E-state index in [1.807, 2.05) is 32.9 Å². The monoisotopic (exact) mass is 283 g/mol. The molecule has 2 atom stereocenters. The van der Waals surface area contributed by atoms with Crippen molar-refractivity contribution in [1.29, 1.82) is 0 Å². The van der Waals surface area contributed by atoms with E-state index in [-0.39, 0.29) is 12.6 Å². The molecule has 1 aromatic carbocycles. The number of rotatable bonds is 9. The first kappa shape index (κ1) is 16.8. The molecule has 0 heterocycles. The Balaban J connectivity index is 2.86. The van der Waals surface area contributed by atoms with Gasteiger partial charge in [-0.15, -0.1) is 0 Å². The lowest BCUT2D eigenvalue weighted by atomic mass is 10.0. The molecule has 0 bridgehead atoms. The molecule has 0 aliphatic heterocycles. The van der Waals surface area contributed by atoms with E-state index in [4.69, 9.17) is 14.6 Å². The quantitative estimate of drug-likeness (QED) is 0.640. The molecule has 1 rings (SSSR count). The third-order valence-corrected chi connectivity index (χ3v) is 2.96. The van der Waals surface area contributed by atoms with Crippen molar-refractivity contribution < 1.29 is 19.7 Å². The summed E-state index contributed by atoms with van der Waals surface area (Å²) in [6.07, 6.45) is -0.670. The summed E-state index contributed by atoms with van der Waals surface area (Å²) in [5.74, 6) is 1.32. The van der Waals surface area contributed by atoms with Gasteiger partial charge in [-0.05, 0) is 38.5 Å². The van der Waals surface area contributed by atoms with Crippen LogP contribution in [0.25, 0.3) is 0 Å². The summed E-state index contributed by atoms with van der Waals surface area (Å²) in [6, 6.07) is 5.28. The standard InChI is InChI=1S/C15H25NO4/c1-4-19-13-7-6-12(10-14(13)20-5-2)15(18)11(3)16-8-9-17/h6-7,10-11,15-18H,4-5,8-9H2,1-3H3. The maximum Gasteiger partial charge on any atom is 0.161 e. The van der Waals surface area contributed by atoms with Crippen LogP contribution in [-0.4, -0.2) is 42.6 Å². The summed E-state index contributed by atoms with van der Waals surface area (Å²) < 4.78 is 11.0. The number of hydrogen-bond donors (Lipinski definition) is 3. The lowest BCUT2D eigenvalue weighted by Crippen LogP contribution is -2.34. The molecule has 0 fully saturated rings. The molecule has 0 saturated heterocycles. The highest BCUT2D eigenvalue weighted by Gasteiger charge is 2.17. The van der Waals surface area contributed by atoms with Gasteiger partial charge >= 0.3 is 0 Å². The zero-order chi connectivity index (χ0) is 15.0.